The molecule has 0 aromatic heterocycles. The maximum Gasteiger partial charge on any atom is 0.303 e. The average Bonchev–Trinajstić information content (AvgIpc) is 2.17. The Labute approximate surface area is 90.4 Å². The highest BCUT2D eigenvalue weighted by molar-refractivity contribution is 5.76. The van der Waals surface area contributed by atoms with E-state index in [1.807, 2.05) is 6.08 Å². The molecule has 0 spiro atoms. The van der Waals surface area contributed by atoms with Crippen molar-refractivity contribution in [3.8, 4) is 0 Å². The van der Waals surface area contributed by atoms with E-state index in [9.17, 15) is 9.59 Å². The lowest BCUT2D eigenvalue weighted by atomic mass is 10.2. The van der Waals surface area contributed by atoms with E-state index in [1.165, 1.54) is 0 Å². The lowest BCUT2D eigenvalue weighted by Crippen LogP contribution is -2.24. The second kappa shape index (κ2) is 9.24. The molecule has 0 saturated carbocycles. The number of nitrogens with one attached hydrogen (secondary N) is 1. The summed E-state index contributed by atoms with van der Waals surface area (Å²) in [5.74, 6) is -0.913. The van der Waals surface area contributed by atoms with Gasteiger partial charge in [0.1, 0.15) is 0 Å². The molecule has 0 bridgehead atoms. The number of aliphatic carboxylic acids is 1. The van der Waals surface area contributed by atoms with Crippen molar-refractivity contribution in [1.29, 1.82) is 0 Å². The number of carbonyl (C=O) groups is 2. The first-order valence-corrected chi connectivity index (χ1v) is 5.26. The van der Waals surface area contributed by atoms with Crippen LogP contribution in [0.3, 0.4) is 0 Å². The van der Waals surface area contributed by atoms with Crippen LogP contribution in [0.4, 0.5) is 0 Å². The molecule has 0 aliphatic heterocycles. The Morgan fingerprint density at radius 2 is 1.93 bits per heavy atom. The van der Waals surface area contributed by atoms with Crippen LogP contribution in [0.5, 0.6) is 0 Å². The first kappa shape index (κ1) is 13.7. The van der Waals surface area contributed by atoms with Crippen molar-refractivity contribution >= 4 is 11.9 Å². The van der Waals surface area contributed by atoms with Gasteiger partial charge in [-0.3, -0.25) is 9.59 Å². The van der Waals surface area contributed by atoms with Crippen LogP contribution in [-0.4, -0.2) is 23.5 Å². The minimum atomic E-state index is -0.853. The van der Waals surface area contributed by atoms with Gasteiger partial charge in [-0.15, -0.1) is 6.58 Å². The molecule has 2 N–H and O–H groups in total. The van der Waals surface area contributed by atoms with Crippen LogP contribution in [0, 0.1) is 0 Å². The lowest BCUT2D eigenvalue weighted by molar-refractivity contribution is -0.137. The molecule has 4 nitrogen and oxygen atoms in total. The van der Waals surface area contributed by atoms with Crippen LogP contribution in [0.2, 0.25) is 0 Å². The van der Waals surface area contributed by atoms with Gasteiger partial charge in [-0.2, -0.15) is 0 Å². The third kappa shape index (κ3) is 10.6. The standard InChI is InChI=1S/C11H19NO3/c1-2-3-4-5-9-12-10(13)7-6-8-11(14)15/h2H,1,3-9H2,(H,12,13)(H,14,15). The molecule has 0 atom stereocenters. The molecule has 0 fully saturated rings. The molecule has 86 valence electrons. The molecule has 0 unspecified atom stereocenters. The molecule has 0 aromatic carbocycles. The fraction of sp³-hybridized carbons (Fsp3) is 0.636. The number of hydrogen-bond donors (Lipinski definition) is 2. The molecule has 15 heavy (non-hydrogen) atoms. The Balaban J connectivity index is 3.25. The van der Waals surface area contributed by atoms with Crippen molar-refractivity contribution < 1.29 is 14.7 Å². The highest BCUT2D eigenvalue weighted by Gasteiger charge is 2.02. The first-order chi connectivity index (χ1) is 7.16. The largest absolute Gasteiger partial charge is 0.481 e. The molecular formula is C11H19NO3. The number of allylic oxidation sites excluding steroid dienone is 1. The Morgan fingerprint density at radius 3 is 2.53 bits per heavy atom. The van der Waals surface area contributed by atoms with Crippen LogP contribution < -0.4 is 5.32 Å². The number of carboxylic acids is 1. The highest BCUT2D eigenvalue weighted by Crippen LogP contribution is 1.96. The molecule has 0 aromatic rings. The van der Waals surface area contributed by atoms with Crippen LogP contribution >= 0.6 is 0 Å². The normalized spacial score (nSPS) is 9.60. The summed E-state index contributed by atoms with van der Waals surface area (Å²) in [5.41, 5.74) is 0. The van der Waals surface area contributed by atoms with Crippen LogP contribution in [0.1, 0.15) is 38.5 Å². The van der Waals surface area contributed by atoms with Crippen molar-refractivity contribution in [2.45, 2.75) is 38.5 Å². The van der Waals surface area contributed by atoms with E-state index >= 15 is 0 Å². The van der Waals surface area contributed by atoms with Crippen molar-refractivity contribution in [2.75, 3.05) is 6.54 Å². The predicted octanol–water partition coefficient (Wildman–Crippen LogP) is 1.71. The Kier molecular flexibility index (Phi) is 8.43. The van der Waals surface area contributed by atoms with Gasteiger partial charge in [-0.1, -0.05) is 6.08 Å². The van der Waals surface area contributed by atoms with Gasteiger partial charge in [0.15, 0.2) is 0 Å². The number of rotatable bonds is 9. The van der Waals surface area contributed by atoms with E-state index in [0.29, 0.717) is 19.4 Å². The van der Waals surface area contributed by atoms with Crippen molar-refractivity contribution in [1.82, 2.24) is 5.32 Å². The predicted molar refractivity (Wildman–Crippen MR) is 58.5 cm³/mol. The number of carboxylic acid groups (broad SMARTS) is 1. The fourth-order valence-electron chi connectivity index (χ4n) is 1.13. The second-order valence-corrected chi connectivity index (χ2v) is 3.38. The summed E-state index contributed by atoms with van der Waals surface area (Å²) < 4.78 is 0. The summed E-state index contributed by atoms with van der Waals surface area (Å²) >= 11 is 0. The van der Waals surface area contributed by atoms with Crippen LogP contribution in [-0.2, 0) is 9.59 Å². The molecule has 0 saturated heterocycles. The minimum Gasteiger partial charge on any atom is -0.481 e. The number of hydrogen-bond acceptors (Lipinski definition) is 2. The molecule has 0 heterocycles. The van der Waals surface area contributed by atoms with Gasteiger partial charge in [-0.05, 0) is 25.7 Å². The smallest absolute Gasteiger partial charge is 0.303 e. The summed E-state index contributed by atoms with van der Waals surface area (Å²) in [4.78, 5) is 21.3. The average molecular weight is 213 g/mol. The van der Waals surface area contributed by atoms with Gasteiger partial charge >= 0.3 is 5.97 Å². The van der Waals surface area contributed by atoms with Crippen LogP contribution in [0.15, 0.2) is 12.7 Å². The molecule has 4 heteroatoms. The molecular weight excluding hydrogens is 194 g/mol. The maximum absolute atomic E-state index is 11.1. The quantitative estimate of drug-likeness (QED) is 0.452. The maximum atomic E-state index is 11.1. The third-order valence-electron chi connectivity index (χ3n) is 1.95. The minimum absolute atomic E-state index is 0.0594. The number of unbranched alkanes of at least 4 members (excludes halogenated alkanes) is 2. The van der Waals surface area contributed by atoms with Gasteiger partial charge in [-0.25, -0.2) is 0 Å². The van der Waals surface area contributed by atoms with E-state index in [2.05, 4.69) is 11.9 Å². The molecule has 0 rings (SSSR count). The summed E-state index contributed by atoms with van der Waals surface area (Å²) in [7, 11) is 0. The summed E-state index contributed by atoms with van der Waals surface area (Å²) in [6.45, 7) is 4.27. The monoisotopic (exact) mass is 213 g/mol. The highest BCUT2D eigenvalue weighted by atomic mass is 16.4. The lowest BCUT2D eigenvalue weighted by Gasteiger charge is -2.03. The summed E-state index contributed by atoms with van der Waals surface area (Å²) in [5, 5.41) is 11.1. The van der Waals surface area contributed by atoms with Crippen LogP contribution in [0.25, 0.3) is 0 Å². The van der Waals surface area contributed by atoms with Gasteiger partial charge in [0.05, 0.1) is 0 Å². The Hall–Kier alpha value is -1.32. The summed E-state index contributed by atoms with van der Waals surface area (Å²) in [6.07, 6.45) is 5.56. The van der Waals surface area contributed by atoms with E-state index in [0.717, 1.165) is 19.3 Å². The topological polar surface area (TPSA) is 66.4 Å². The molecule has 0 aliphatic rings. The second-order valence-electron chi connectivity index (χ2n) is 3.38. The molecule has 1 amide bonds. The van der Waals surface area contributed by atoms with Gasteiger partial charge < -0.3 is 10.4 Å². The molecule has 0 radical (unpaired) electrons. The van der Waals surface area contributed by atoms with Crippen molar-refractivity contribution in [2.24, 2.45) is 0 Å². The van der Waals surface area contributed by atoms with E-state index in [4.69, 9.17) is 5.11 Å². The zero-order chi connectivity index (χ0) is 11.5. The zero-order valence-corrected chi connectivity index (χ0v) is 9.00. The van der Waals surface area contributed by atoms with Crippen molar-refractivity contribution in [3.05, 3.63) is 12.7 Å². The van der Waals surface area contributed by atoms with E-state index < -0.39 is 5.97 Å². The fourth-order valence-corrected chi connectivity index (χ4v) is 1.13. The number of amides is 1. The third-order valence-corrected chi connectivity index (χ3v) is 1.95. The number of carbonyl (C=O) groups excluding carboxylic acids is 1. The summed E-state index contributed by atoms with van der Waals surface area (Å²) in [6, 6.07) is 0. The van der Waals surface area contributed by atoms with E-state index in [1.54, 1.807) is 0 Å². The van der Waals surface area contributed by atoms with Gasteiger partial charge in [0, 0.05) is 19.4 Å². The van der Waals surface area contributed by atoms with Gasteiger partial charge in [0.25, 0.3) is 0 Å². The van der Waals surface area contributed by atoms with Crippen molar-refractivity contribution in [3.63, 3.8) is 0 Å². The Bertz CT molecular complexity index is 214. The zero-order valence-electron chi connectivity index (χ0n) is 9.00. The molecule has 0 aliphatic carbocycles. The first-order valence-electron chi connectivity index (χ1n) is 5.26. The van der Waals surface area contributed by atoms with E-state index in [-0.39, 0.29) is 12.3 Å². The Morgan fingerprint density at radius 1 is 1.20 bits per heavy atom. The van der Waals surface area contributed by atoms with Gasteiger partial charge in [0.2, 0.25) is 5.91 Å². The SMILES string of the molecule is C=CCCCCNC(=O)CCCC(=O)O.